The second-order valence-corrected chi connectivity index (χ2v) is 7.69. The first-order valence-electron chi connectivity index (χ1n) is 9.24. The lowest BCUT2D eigenvalue weighted by atomic mass is 9.70. The molecule has 2 N–H and O–H groups in total. The molecule has 124 valence electrons. The maximum atomic E-state index is 9.36. The quantitative estimate of drug-likeness (QED) is 0.650. The van der Waals surface area contributed by atoms with Gasteiger partial charge in [-0.3, -0.25) is 0 Å². The molecule has 0 spiro atoms. The Hall–Kier alpha value is -0.120. The maximum absolute atomic E-state index is 9.36. The van der Waals surface area contributed by atoms with Crippen molar-refractivity contribution >= 4 is 0 Å². The lowest BCUT2D eigenvalue weighted by molar-refractivity contribution is 0.0747. The monoisotopic (exact) mass is 296 g/mol. The van der Waals surface area contributed by atoms with Gasteiger partial charge in [0.1, 0.15) is 0 Å². The third-order valence-electron chi connectivity index (χ3n) is 5.48. The Morgan fingerprint density at radius 3 is 2.43 bits per heavy atom. The maximum Gasteiger partial charge on any atom is 0.0558 e. The van der Waals surface area contributed by atoms with Crippen molar-refractivity contribution in [1.29, 1.82) is 0 Å². The zero-order valence-corrected chi connectivity index (χ0v) is 14.2. The molecule has 0 aliphatic heterocycles. The normalized spacial score (nSPS) is 30.0. The molecule has 2 aliphatic rings. The van der Waals surface area contributed by atoms with E-state index >= 15 is 0 Å². The van der Waals surface area contributed by atoms with Crippen LogP contribution in [0.1, 0.15) is 65.2 Å². The van der Waals surface area contributed by atoms with Gasteiger partial charge < -0.3 is 15.3 Å². The third-order valence-corrected chi connectivity index (χ3v) is 5.48. The van der Waals surface area contributed by atoms with Crippen LogP contribution in [0.3, 0.4) is 0 Å². The molecule has 3 heteroatoms. The lowest BCUT2D eigenvalue weighted by Crippen LogP contribution is -2.47. The fourth-order valence-corrected chi connectivity index (χ4v) is 3.68. The van der Waals surface area contributed by atoms with E-state index in [0.717, 1.165) is 25.0 Å². The molecule has 2 rings (SSSR count). The Morgan fingerprint density at radius 1 is 1.14 bits per heavy atom. The van der Waals surface area contributed by atoms with Crippen molar-refractivity contribution in [2.45, 2.75) is 71.3 Å². The van der Waals surface area contributed by atoms with Crippen LogP contribution < -0.4 is 5.32 Å². The molecule has 0 radical (unpaired) electrons. The molecule has 21 heavy (non-hydrogen) atoms. The number of rotatable bonds is 10. The van der Waals surface area contributed by atoms with Crippen molar-refractivity contribution in [3.05, 3.63) is 0 Å². The summed E-state index contributed by atoms with van der Waals surface area (Å²) in [7, 11) is 0. The SMILES string of the molecule is CCCCN(CCO)CC1(CNC2CC2)CCC(C)CC1. The Bertz CT molecular complexity index is 283. The van der Waals surface area contributed by atoms with E-state index < -0.39 is 0 Å². The van der Waals surface area contributed by atoms with Gasteiger partial charge >= 0.3 is 0 Å². The summed E-state index contributed by atoms with van der Waals surface area (Å²) in [6.45, 7) is 9.33. The molecule has 0 aromatic heterocycles. The topological polar surface area (TPSA) is 35.5 Å². The van der Waals surface area contributed by atoms with Gasteiger partial charge in [0.2, 0.25) is 0 Å². The summed E-state index contributed by atoms with van der Waals surface area (Å²) >= 11 is 0. The standard InChI is InChI=1S/C18H36N2O/c1-3-4-11-20(12-13-21)15-18(14-19-17-5-6-17)9-7-16(2)8-10-18/h16-17,19,21H,3-15H2,1-2H3. The molecule has 0 amide bonds. The zero-order chi connectivity index (χ0) is 15.1. The molecule has 0 bridgehead atoms. The first-order chi connectivity index (χ1) is 10.2. The van der Waals surface area contributed by atoms with E-state index in [9.17, 15) is 5.11 Å². The predicted octanol–water partition coefficient (Wildman–Crippen LogP) is 3.03. The van der Waals surface area contributed by atoms with Gasteiger partial charge in [0.25, 0.3) is 0 Å². The van der Waals surface area contributed by atoms with Gasteiger partial charge in [-0.15, -0.1) is 0 Å². The van der Waals surface area contributed by atoms with Crippen LogP contribution in [0, 0.1) is 11.3 Å². The first kappa shape index (κ1) is 17.2. The van der Waals surface area contributed by atoms with E-state index in [1.807, 2.05) is 0 Å². The van der Waals surface area contributed by atoms with Crippen molar-refractivity contribution in [2.24, 2.45) is 11.3 Å². The highest BCUT2D eigenvalue weighted by Gasteiger charge is 2.37. The highest BCUT2D eigenvalue weighted by atomic mass is 16.3. The molecule has 0 aromatic rings. The van der Waals surface area contributed by atoms with E-state index in [0.29, 0.717) is 12.0 Å². The Labute approximate surface area is 131 Å². The van der Waals surface area contributed by atoms with Gasteiger partial charge in [0.15, 0.2) is 0 Å². The highest BCUT2D eigenvalue weighted by molar-refractivity contribution is 4.92. The van der Waals surface area contributed by atoms with Gasteiger partial charge in [-0.05, 0) is 50.0 Å². The average Bonchev–Trinajstić information content (AvgIpc) is 3.30. The van der Waals surface area contributed by atoms with Gasteiger partial charge in [0, 0.05) is 25.7 Å². The van der Waals surface area contributed by atoms with Crippen molar-refractivity contribution in [3.8, 4) is 0 Å². The molecule has 0 atom stereocenters. The largest absolute Gasteiger partial charge is 0.395 e. The van der Waals surface area contributed by atoms with Gasteiger partial charge in [-0.25, -0.2) is 0 Å². The van der Waals surface area contributed by atoms with E-state index in [1.54, 1.807) is 0 Å². The molecule has 2 saturated carbocycles. The number of hydrogen-bond donors (Lipinski definition) is 2. The molecule has 0 heterocycles. The number of nitrogens with zero attached hydrogens (tertiary/aromatic N) is 1. The predicted molar refractivity (Wildman–Crippen MR) is 89.5 cm³/mol. The molecule has 2 aliphatic carbocycles. The lowest BCUT2D eigenvalue weighted by Gasteiger charge is -2.43. The number of aliphatic hydroxyl groups excluding tert-OH is 1. The number of unbranched alkanes of at least 4 members (excludes halogenated alkanes) is 1. The minimum atomic E-state index is 0.298. The van der Waals surface area contributed by atoms with Gasteiger partial charge in [-0.1, -0.05) is 33.1 Å². The molecular weight excluding hydrogens is 260 g/mol. The van der Waals surface area contributed by atoms with Crippen LogP contribution in [0.15, 0.2) is 0 Å². The first-order valence-corrected chi connectivity index (χ1v) is 9.24. The summed E-state index contributed by atoms with van der Waals surface area (Å²) in [5.74, 6) is 0.904. The van der Waals surface area contributed by atoms with Crippen LogP contribution in [-0.4, -0.2) is 48.8 Å². The molecular formula is C18H36N2O. The average molecular weight is 296 g/mol. The van der Waals surface area contributed by atoms with Gasteiger partial charge in [0.05, 0.1) is 6.61 Å². The summed E-state index contributed by atoms with van der Waals surface area (Å²) in [5.41, 5.74) is 0.456. The molecule has 2 fully saturated rings. The summed E-state index contributed by atoms with van der Waals surface area (Å²) in [5, 5.41) is 13.2. The second kappa shape index (κ2) is 8.50. The van der Waals surface area contributed by atoms with Crippen molar-refractivity contribution in [3.63, 3.8) is 0 Å². The summed E-state index contributed by atoms with van der Waals surface area (Å²) in [6, 6.07) is 0.808. The van der Waals surface area contributed by atoms with E-state index in [2.05, 4.69) is 24.1 Å². The number of hydrogen-bond acceptors (Lipinski definition) is 3. The summed E-state index contributed by atoms with van der Waals surface area (Å²) in [6.07, 6.45) is 10.7. The van der Waals surface area contributed by atoms with Crippen LogP contribution in [0.4, 0.5) is 0 Å². The summed E-state index contributed by atoms with van der Waals surface area (Å²) in [4.78, 5) is 2.52. The Balaban J connectivity index is 1.91. The molecule has 0 unspecified atom stereocenters. The highest BCUT2D eigenvalue weighted by Crippen LogP contribution is 2.39. The van der Waals surface area contributed by atoms with Crippen LogP contribution in [0.2, 0.25) is 0 Å². The number of aliphatic hydroxyl groups is 1. The van der Waals surface area contributed by atoms with E-state index in [4.69, 9.17) is 0 Å². The smallest absolute Gasteiger partial charge is 0.0558 e. The molecule has 0 saturated heterocycles. The van der Waals surface area contributed by atoms with E-state index in [1.165, 1.54) is 64.5 Å². The third kappa shape index (κ3) is 5.88. The van der Waals surface area contributed by atoms with Crippen molar-refractivity contribution in [1.82, 2.24) is 10.2 Å². The van der Waals surface area contributed by atoms with E-state index in [-0.39, 0.29) is 0 Å². The second-order valence-electron chi connectivity index (χ2n) is 7.69. The van der Waals surface area contributed by atoms with Crippen LogP contribution in [0.25, 0.3) is 0 Å². The Morgan fingerprint density at radius 2 is 1.86 bits per heavy atom. The van der Waals surface area contributed by atoms with Crippen LogP contribution >= 0.6 is 0 Å². The fraction of sp³-hybridized carbons (Fsp3) is 1.00. The van der Waals surface area contributed by atoms with Crippen molar-refractivity contribution < 1.29 is 5.11 Å². The zero-order valence-electron chi connectivity index (χ0n) is 14.2. The molecule has 0 aromatic carbocycles. The number of nitrogens with one attached hydrogen (secondary N) is 1. The fourth-order valence-electron chi connectivity index (χ4n) is 3.68. The Kier molecular flexibility index (Phi) is 6.97. The van der Waals surface area contributed by atoms with Crippen LogP contribution in [0.5, 0.6) is 0 Å². The minimum Gasteiger partial charge on any atom is -0.395 e. The van der Waals surface area contributed by atoms with Gasteiger partial charge in [-0.2, -0.15) is 0 Å². The van der Waals surface area contributed by atoms with Crippen molar-refractivity contribution in [2.75, 3.05) is 32.8 Å². The van der Waals surface area contributed by atoms with Crippen LogP contribution in [-0.2, 0) is 0 Å². The molecule has 3 nitrogen and oxygen atoms in total. The minimum absolute atomic E-state index is 0.298. The summed E-state index contributed by atoms with van der Waals surface area (Å²) < 4.78 is 0.